The van der Waals surface area contributed by atoms with Gasteiger partial charge in [0.15, 0.2) is 0 Å². The third-order valence-electron chi connectivity index (χ3n) is 8.10. The molecule has 2 N–H and O–H groups in total. The van der Waals surface area contributed by atoms with Crippen molar-refractivity contribution in [3.63, 3.8) is 0 Å². The van der Waals surface area contributed by atoms with Gasteiger partial charge < -0.3 is 24.6 Å². The molecule has 5 unspecified atom stereocenters. The lowest BCUT2D eigenvalue weighted by atomic mass is 9.71. The van der Waals surface area contributed by atoms with Crippen LogP contribution in [0.1, 0.15) is 37.3 Å². The van der Waals surface area contributed by atoms with Crippen LogP contribution in [0.15, 0.2) is 59.8 Å². The number of aliphatic hydroxyl groups is 1. The van der Waals surface area contributed by atoms with Crippen LogP contribution in [-0.4, -0.2) is 58.3 Å². The number of β-lactam (4-membered cyclic amide) rings is 1. The first-order chi connectivity index (χ1) is 17.8. The second-order valence-corrected chi connectivity index (χ2v) is 10.0. The fourth-order valence-corrected chi connectivity index (χ4v) is 6.66. The Labute approximate surface area is 213 Å². The maximum absolute atomic E-state index is 12.8. The molecule has 2 fully saturated rings. The number of carbonyl (C=O) groups excluding carboxylic acids is 2. The number of ether oxygens (including phenoxy) is 2. The summed E-state index contributed by atoms with van der Waals surface area (Å²) in [6.45, 7) is 1.58. The van der Waals surface area contributed by atoms with E-state index in [1.165, 1.54) is 18.1 Å². The highest BCUT2D eigenvalue weighted by Gasteiger charge is 2.62. The summed E-state index contributed by atoms with van der Waals surface area (Å²) in [4.78, 5) is 38.7. The van der Waals surface area contributed by atoms with E-state index in [2.05, 4.69) is 0 Å². The molecule has 0 aromatic heterocycles. The van der Waals surface area contributed by atoms with Crippen molar-refractivity contribution in [3.05, 3.63) is 70.9 Å². The Morgan fingerprint density at radius 2 is 1.81 bits per heavy atom. The van der Waals surface area contributed by atoms with Crippen LogP contribution in [0, 0.1) is 11.8 Å². The average molecular weight is 502 g/mol. The van der Waals surface area contributed by atoms with Crippen LogP contribution in [0.3, 0.4) is 0 Å². The molecule has 2 aromatic carbocycles. The second-order valence-electron chi connectivity index (χ2n) is 10.0. The maximum Gasteiger partial charge on any atom is 0.352 e. The molecule has 5 atom stereocenters. The van der Waals surface area contributed by atoms with Crippen molar-refractivity contribution in [2.45, 2.75) is 44.4 Å². The SMILES string of the molecule is COC(=O)/C=C1/c2ccccc2-c2c(OC3CCCC4C3=C(C(=O)O)N3C(=O)C(C(C)O)C43)cccc21. The van der Waals surface area contributed by atoms with E-state index in [1.807, 2.05) is 42.5 Å². The number of hydrogen-bond acceptors (Lipinski definition) is 6. The Kier molecular flexibility index (Phi) is 5.45. The van der Waals surface area contributed by atoms with Crippen molar-refractivity contribution < 1.29 is 34.1 Å². The van der Waals surface area contributed by atoms with Crippen molar-refractivity contribution in [2.75, 3.05) is 7.11 Å². The number of rotatable bonds is 5. The van der Waals surface area contributed by atoms with E-state index < -0.39 is 30.1 Å². The number of aliphatic hydroxyl groups excluding tert-OH is 1. The summed E-state index contributed by atoms with van der Waals surface area (Å²) < 4.78 is 11.5. The predicted octanol–water partition coefficient (Wildman–Crippen LogP) is 3.38. The van der Waals surface area contributed by atoms with Gasteiger partial charge in [-0.2, -0.15) is 0 Å². The highest BCUT2D eigenvalue weighted by molar-refractivity contribution is 6.08. The monoisotopic (exact) mass is 501 g/mol. The summed E-state index contributed by atoms with van der Waals surface area (Å²) in [7, 11) is 1.34. The van der Waals surface area contributed by atoms with Crippen LogP contribution in [0.25, 0.3) is 16.7 Å². The van der Waals surface area contributed by atoms with Crippen LogP contribution in [-0.2, 0) is 19.1 Å². The van der Waals surface area contributed by atoms with Gasteiger partial charge in [0.1, 0.15) is 17.6 Å². The fourth-order valence-electron chi connectivity index (χ4n) is 6.66. The number of carboxylic acids is 1. The number of methoxy groups -OCH3 is 1. The van der Waals surface area contributed by atoms with Gasteiger partial charge in [0, 0.05) is 23.1 Å². The van der Waals surface area contributed by atoms with E-state index in [0.29, 0.717) is 17.7 Å². The van der Waals surface area contributed by atoms with Crippen molar-refractivity contribution in [3.8, 4) is 16.9 Å². The van der Waals surface area contributed by atoms with E-state index in [4.69, 9.17) is 9.47 Å². The lowest BCUT2D eigenvalue weighted by molar-refractivity contribution is -0.163. The normalized spacial score (nSPS) is 27.2. The zero-order valence-electron chi connectivity index (χ0n) is 20.5. The number of fused-ring (bicyclic) bond motifs is 6. The molecule has 0 radical (unpaired) electrons. The largest absolute Gasteiger partial charge is 0.485 e. The van der Waals surface area contributed by atoms with Crippen molar-refractivity contribution in [1.29, 1.82) is 0 Å². The number of benzene rings is 2. The molecule has 2 heterocycles. The first-order valence-corrected chi connectivity index (χ1v) is 12.5. The summed E-state index contributed by atoms with van der Waals surface area (Å²) in [5.41, 5.74) is 4.86. The van der Waals surface area contributed by atoms with Gasteiger partial charge in [-0.05, 0) is 54.5 Å². The standard InChI is InChI=1S/C29H27NO7/c1-14(31)23-26-18-10-6-12-21(25(18)27(29(34)35)30(26)28(23)33)37-20-11-5-9-17-19(13-22(32)36-2)15-7-3-4-8-16(15)24(17)20/h3-5,7-9,11,13-14,18,21,23,26,31H,6,10,12H2,1-2H3,(H,34,35)/b19-13-. The Morgan fingerprint density at radius 1 is 1.08 bits per heavy atom. The van der Waals surface area contributed by atoms with Gasteiger partial charge >= 0.3 is 11.9 Å². The lowest BCUT2D eigenvalue weighted by Gasteiger charge is -2.47. The third kappa shape index (κ3) is 3.35. The minimum atomic E-state index is -1.15. The molecular formula is C29H27NO7. The Hall–Kier alpha value is -3.91. The summed E-state index contributed by atoms with van der Waals surface area (Å²) in [6.07, 6.45) is 2.28. The molecule has 2 aliphatic carbocycles. The Morgan fingerprint density at radius 3 is 2.51 bits per heavy atom. The van der Waals surface area contributed by atoms with Gasteiger partial charge in [-0.15, -0.1) is 0 Å². The molecule has 0 bridgehead atoms. The quantitative estimate of drug-likeness (QED) is 0.313. The Balaban J connectivity index is 1.43. The van der Waals surface area contributed by atoms with Crippen molar-refractivity contribution in [1.82, 2.24) is 4.90 Å². The predicted molar refractivity (Wildman–Crippen MR) is 133 cm³/mol. The second kappa shape index (κ2) is 8.59. The number of hydrogen-bond donors (Lipinski definition) is 2. The highest BCUT2D eigenvalue weighted by atomic mass is 16.5. The van der Waals surface area contributed by atoms with E-state index in [0.717, 1.165) is 40.7 Å². The summed E-state index contributed by atoms with van der Waals surface area (Å²) in [6, 6.07) is 13.0. The molecule has 2 aromatic rings. The molecule has 6 rings (SSSR count). The van der Waals surface area contributed by atoms with Crippen LogP contribution in [0.4, 0.5) is 0 Å². The molecule has 2 aliphatic heterocycles. The van der Waals surface area contributed by atoms with Crippen LogP contribution >= 0.6 is 0 Å². The van der Waals surface area contributed by atoms with Crippen molar-refractivity contribution in [2.24, 2.45) is 11.8 Å². The number of esters is 1. The van der Waals surface area contributed by atoms with Crippen LogP contribution in [0.5, 0.6) is 5.75 Å². The van der Waals surface area contributed by atoms with E-state index in [1.54, 1.807) is 6.92 Å². The fraction of sp³-hybridized carbons (Fsp3) is 0.345. The minimum Gasteiger partial charge on any atom is -0.485 e. The summed E-state index contributed by atoms with van der Waals surface area (Å²) in [5, 5.41) is 20.3. The average Bonchev–Trinajstić information content (AvgIpc) is 3.36. The third-order valence-corrected chi connectivity index (χ3v) is 8.10. The Bertz CT molecular complexity index is 1400. The summed E-state index contributed by atoms with van der Waals surface area (Å²) >= 11 is 0. The lowest BCUT2D eigenvalue weighted by Crippen LogP contribution is -2.64. The maximum atomic E-state index is 12.8. The molecule has 8 nitrogen and oxygen atoms in total. The number of carboxylic acid groups (broad SMARTS) is 1. The number of aliphatic carboxylic acids is 1. The number of carbonyl (C=O) groups is 3. The molecule has 37 heavy (non-hydrogen) atoms. The van der Waals surface area contributed by atoms with Gasteiger partial charge in [-0.1, -0.05) is 36.4 Å². The molecule has 1 saturated heterocycles. The van der Waals surface area contributed by atoms with E-state index in [9.17, 15) is 24.6 Å². The zero-order valence-corrected chi connectivity index (χ0v) is 20.5. The van der Waals surface area contributed by atoms with Gasteiger partial charge in [-0.3, -0.25) is 4.79 Å². The molecule has 4 aliphatic rings. The first-order valence-electron chi connectivity index (χ1n) is 12.5. The molecular weight excluding hydrogens is 474 g/mol. The van der Waals surface area contributed by atoms with Crippen molar-refractivity contribution >= 4 is 23.4 Å². The van der Waals surface area contributed by atoms with E-state index >= 15 is 0 Å². The van der Waals surface area contributed by atoms with Crippen LogP contribution in [0.2, 0.25) is 0 Å². The van der Waals surface area contributed by atoms with Crippen LogP contribution < -0.4 is 4.74 Å². The van der Waals surface area contributed by atoms with Gasteiger partial charge in [-0.25, -0.2) is 9.59 Å². The molecule has 1 saturated carbocycles. The van der Waals surface area contributed by atoms with Gasteiger partial charge in [0.05, 0.1) is 25.2 Å². The molecule has 190 valence electrons. The zero-order chi connectivity index (χ0) is 26.0. The van der Waals surface area contributed by atoms with E-state index in [-0.39, 0.29) is 23.6 Å². The number of nitrogens with zero attached hydrogens (tertiary/aromatic N) is 1. The highest BCUT2D eigenvalue weighted by Crippen LogP contribution is 2.54. The molecule has 0 spiro atoms. The number of amides is 1. The van der Waals surface area contributed by atoms with Gasteiger partial charge in [0.2, 0.25) is 5.91 Å². The minimum absolute atomic E-state index is 0.000790. The molecule has 1 amide bonds. The first kappa shape index (κ1) is 23.5. The topological polar surface area (TPSA) is 113 Å². The van der Waals surface area contributed by atoms with Gasteiger partial charge in [0.25, 0.3) is 0 Å². The smallest absolute Gasteiger partial charge is 0.352 e. The summed E-state index contributed by atoms with van der Waals surface area (Å²) in [5.74, 6) is -2.13. The molecule has 8 heteroatoms.